The zero-order chi connectivity index (χ0) is 37.7. The lowest BCUT2D eigenvalue weighted by Gasteiger charge is -2.21. The molecule has 268 valence electrons. The monoisotopic (exact) mass is 717 g/mol. The van der Waals surface area contributed by atoms with Gasteiger partial charge in [-0.15, -0.1) is 0 Å². The van der Waals surface area contributed by atoms with Crippen LogP contribution >= 0.6 is 0 Å². The number of aryl methyl sites for hydroxylation is 2. The summed E-state index contributed by atoms with van der Waals surface area (Å²) in [7, 11) is 3.62. The third kappa shape index (κ3) is 6.07. The Bertz CT molecular complexity index is 2800. The Kier molecular flexibility index (Phi) is 8.58. The molecule has 8 rings (SSSR count). The summed E-state index contributed by atoms with van der Waals surface area (Å²) in [6.45, 7) is 4.34. The first kappa shape index (κ1) is 34.2. The zero-order valence-corrected chi connectivity index (χ0v) is 30.0. The minimum Gasteiger partial charge on any atom is -0.340 e. The predicted octanol–water partition coefficient (Wildman–Crippen LogP) is 4.78. The van der Waals surface area contributed by atoms with Crippen LogP contribution in [0.5, 0.6) is 0 Å². The lowest BCUT2D eigenvalue weighted by atomic mass is 9.93. The van der Waals surface area contributed by atoms with E-state index in [2.05, 4.69) is 69.6 Å². The van der Waals surface area contributed by atoms with Crippen molar-refractivity contribution in [1.82, 2.24) is 44.5 Å². The van der Waals surface area contributed by atoms with Crippen LogP contribution in [0.2, 0.25) is 0 Å². The molecule has 2 aromatic carbocycles. The molecule has 7 aromatic rings. The molecule has 1 fully saturated rings. The Morgan fingerprint density at radius 1 is 0.907 bits per heavy atom. The molecular weight excluding hydrogens is 683 g/mol. The third-order valence-electron chi connectivity index (χ3n) is 9.92. The number of nitrogens with one attached hydrogen (secondary N) is 2. The van der Waals surface area contributed by atoms with E-state index in [1.54, 1.807) is 51.6 Å². The second-order valence-electron chi connectivity index (χ2n) is 13.7. The first-order valence-electron chi connectivity index (χ1n) is 17.6. The molecule has 5 aromatic heterocycles. The normalized spacial score (nSPS) is 14.4. The molecule has 1 aliphatic rings. The van der Waals surface area contributed by atoms with E-state index in [9.17, 15) is 19.2 Å². The van der Waals surface area contributed by atoms with Gasteiger partial charge in [0.2, 0.25) is 5.91 Å². The number of piperidine rings is 1. The molecule has 1 saturated heterocycles. The first-order valence-corrected chi connectivity index (χ1v) is 17.6. The van der Waals surface area contributed by atoms with Gasteiger partial charge in [-0.1, -0.05) is 38.0 Å². The van der Waals surface area contributed by atoms with Gasteiger partial charge in [0, 0.05) is 55.4 Å². The molecule has 1 atom stereocenters. The molecule has 13 nitrogen and oxygen atoms in total. The molecule has 1 aliphatic heterocycles. The molecule has 0 aliphatic carbocycles. The maximum Gasteiger partial charge on any atom is 0.328 e. The number of rotatable bonds is 6. The molecular formula is C41H35N9O4. The van der Waals surface area contributed by atoms with Crippen LogP contribution in [-0.2, 0) is 23.7 Å². The molecule has 2 N–H and O–H groups in total. The molecule has 54 heavy (non-hydrogen) atoms. The minimum atomic E-state index is -0.592. The molecule has 0 radical (unpaired) electrons. The number of nitrogens with zero attached hydrogens (tertiary/aromatic N) is 7. The average Bonchev–Trinajstić information content (AvgIpc) is 3.69. The van der Waals surface area contributed by atoms with E-state index in [-0.39, 0.29) is 48.0 Å². The van der Waals surface area contributed by atoms with Crippen molar-refractivity contribution in [2.45, 2.75) is 38.6 Å². The lowest BCUT2D eigenvalue weighted by molar-refractivity contribution is -0.135. The van der Waals surface area contributed by atoms with Gasteiger partial charge >= 0.3 is 5.69 Å². The third-order valence-corrected chi connectivity index (χ3v) is 9.92. The highest BCUT2D eigenvalue weighted by Gasteiger charge is 2.29. The van der Waals surface area contributed by atoms with Crippen molar-refractivity contribution in [3.63, 3.8) is 0 Å². The fourth-order valence-corrected chi connectivity index (χ4v) is 7.06. The zero-order valence-electron chi connectivity index (χ0n) is 30.0. The van der Waals surface area contributed by atoms with Crippen LogP contribution in [0.4, 0.5) is 0 Å². The number of amides is 3. The van der Waals surface area contributed by atoms with Crippen LogP contribution in [0.1, 0.15) is 60.4 Å². The van der Waals surface area contributed by atoms with Crippen LogP contribution in [-0.4, -0.2) is 58.1 Å². The van der Waals surface area contributed by atoms with E-state index in [4.69, 9.17) is 4.98 Å². The van der Waals surface area contributed by atoms with Crippen molar-refractivity contribution in [2.24, 2.45) is 14.1 Å². The van der Waals surface area contributed by atoms with Crippen molar-refractivity contribution >= 4 is 50.4 Å². The van der Waals surface area contributed by atoms with E-state index in [1.165, 1.54) is 0 Å². The highest BCUT2D eigenvalue weighted by atomic mass is 16.2. The van der Waals surface area contributed by atoms with Gasteiger partial charge in [-0.2, -0.15) is 5.10 Å². The van der Waals surface area contributed by atoms with Gasteiger partial charge in [-0.3, -0.25) is 43.5 Å². The number of hydrogen-bond acceptors (Lipinski definition) is 8. The predicted molar refractivity (Wildman–Crippen MR) is 204 cm³/mol. The Hall–Kier alpha value is -6.94. The molecule has 13 heteroatoms. The number of pyridine rings is 3. The first-order chi connectivity index (χ1) is 26.1. The summed E-state index contributed by atoms with van der Waals surface area (Å²) in [5, 5.41) is 12.2. The van der Waals surface area contributed by atoms with E-state index in [1.807, 2.05) is 37.5 Å². The van der Waals surface area contributed by atoms with E-state index < -0.39 is 6.04 Å². The quantitative estimate of drug-likeness (QED) is 0.184. The summed E-state index contributed by atoms with van der Waals surface area (Å²) in [6, 6.07) is 17.0. The molecule has 0 bridgehead atoms. The van der Waals surface area contributed by atoms with Gasteiger partial charge in [0.15, 0.2) is 0 Å². The molecule has 3 amide bonds. The fraction of sp³-hybridized carbons (Fsp3) is 0.220. The van der Waals surface area contributed by atoms with Gasteiger partial charge in [0.05, 0.1) is 35.0 Å². The van der Waals surface area contributed by atoms with E-state index >= 15 is 0 Å². The number of fused-ring (bicyclic) bond motifs is 3. The Morgan fingerprint density at radius 2 is 1.76 bits per heavy atom. The summed E-state index contributed by atoms with van der Waals surface area (Å²) < 4.78 is 5.00. The number of imidazole rings is 1. The topological polar surface area (TPSA) is 159 Å². The summed E-state index contributed by atoms with van der Waals surface area (Å²) in [4.78, 5) is 63.2. The maximum atomic E-state index is 12.9. The van der Waals surface area contributed by atoms with E-state index in [0.717, 1.165) is 55.1 Å². The number of carbonyl (C=O) groups excluding carboxylic acids is 3. The minimum absolute atomic E-state index is 0.0544. The number of aromatic nitrogens is 7. The lowest BCUT2D eigenvalue weighted by Crippen LogP contribution is -2.42. The van der Waals surface area contributed by atoms with Crippen molar-refractivity contribution in [3.05, 3.63) is 107 Å². The number of carbonyl (C=O) groups is 3. The summed E-state index contributed by atoms with van der Waals surface area (Å²) in [5.41, 5.74) is 7.78. The standard InChI is InChI=1S/C41H35N9O4/c1-23(2)30-15-26(17-36-38(30)49(4)41(54)48(36)3)29-9-5-7-24-16-33(45-22-31(24)29)25-10-11-32(44-19-25)39(52)42-14-6-8-28-18-35-27(20-43-28)21-46-50(35)34-12-13-37(51)47-40(34)53/h5,7,9-11,15-23,34H,12-14H2,1-4H3,(H,42,52)(H,47,51,53). The van der Waals surface area contributed by atoms with Gasteiger partial charge in [0.1, 0.15) is 17.4 Å². The Labute approximate surface area is 309 Å². The van der Waals surface area contributed by atoms with Gasteiger partial charge in [-0.05, 0) is 76.7 Å². The highest BCUT2D eigenvalue weighted by Crippen LogP contribution is 2.35. The Balaban J connectivity index is 0.968. The van der Waals surface area contributed by atoms with Gasteiger partial charge < -0.3 is 5.32 Å². The van der Waals surface area contributed by atoms with Crippen LogP contribution in [0.3, 0.4) is 0 Å². The maximum absolute atomic E-state index is 12.9. The second-order valence-corrected chi connectivity index (χ2v) is 13.7. The molecule has 0 saturated carbocycles. The molecule has 0 spiro atoms. The summed E-state index contributed by atoms with van der Waals surface area (Å²) in [6.07, 6.45) is 7.34. The largest absolute Gasteiger partial charge is 0.340 e. The van der Waals surface area contributed by atoms with Gasteiger partial charge in [-0.25, -0.2) is 9.78 Å². The number of imide groups is 1. The second kappa shape index (κ2) is 13.6. The number of hydrogen-bond donors (Lipinski definition) is 2. The SMILES string of the molecule is CC(C)c1cc(-c2cccc3cc(-c4ccc(C(=O)NCC#Cc5cc6c(cn5)cnn6C5CCC(=O)NC5=O)nc4)ncc23)cc2c1n(C)c(=O)n2C. The highest BCUT2D eigenvalue weighted by molar-refractivity contribution is 6.01. The van der Waals surface area contributed by atoms with Crippen LogP contribution in [0.15, 0.2) is 84.2 Å². The van der Waals surface area contributed by atoms with Gasteiger partial charge in [0.25, 0.3) is 11.8 Å². The number of benzene rings is 2. The van der Waals surface area contributed by atoms with Crippen LogP contribution < -0.4 is 16.3 Å². The van der Waals surface area contributed by atoms with Crippen molar-refractivity contribution in [1.29, 1.82) is 0 Å². The molecule has 1 unspecified atom stereocenters. The summed E-state index contributed by atoms with van der Waals surface area (Å²) in [5.74, 6) is 5.03. The summed E-state index contributed by atoms with van der Waals surface area (Å²) >= 11 is 0. The van der Waals surface area contributed by atoms with Crippen molar-refractivity contribution in [3.8, 4) is 34.2 Å². The Morgan fingerprint density at radius 3 is 2.54 bits per heavy atom. The molecule has 6 heterocycles. The fourth-order valence-electron chi connectivity index (χ4n) is 7.06. The van der Waals surface area contributed by atoms with Crippen molar-refractivity contribution in [2.75, 3.05) is 6.54 Å². The smallest absolute Gasteiger partial charge is 0.328 e. The van der Waals surface area contributed by atoms with Crippen molar-refractivity contribution < 1.29 is 14.4 Å². The van der Waals surface area contributed by atoms with Crippen LogP contribution in [0, 0.1) is 11.8 Å². The average molecular weight is 718 g/mol. The van der Waals surface area contributed by atoms with E-state index in [0.29, 0.717) is 17.6 Å². The van der Waals surface area contributed by atoms with Crippen LogP contribution in [0.25, 0.3) is 55.1 Å².